The number of nitrogens with zero attached hydrogens (tertiary/aromatic N) is 1. The number of ether oxygens (including phenoxy) is 2. The van der Waals surface area contributed by atoms with Gasteiger partial charge in [-0.2, -0.15) is 5.10 Å². The molecule has 0 aliphatic carbocycles. The van der Waals surface area contributed by atoms with Gasteiger partial charge in [-0.1, -0.05) is 41.9 Å². The number of rotatable bonds is 9. The van der Waals surface area contributed by atoms with Crippen LogP contribution in [0, 0.1) is 0 Å². The highest BCUT2D eigenvalue weighted by molar-refractivity contribution is 6.35. The molecule has 166 valence electrons. The van der Waals surface area contributed by atoms with Crippen molar-refractivity contribution in [2.75, 3.05) is 6.61 Å². The highest BCUT2D eigenvalue weighted by Gasteiger charge is 2.14. The first-order valence-electron chi connectivity index (χ1n) is 9.83. The van der Waals surface area contributed by atoms with Crippen LogP contribution in [0.25, 0.3) is 0 Å². The predicted octanol–water partition coefficient (Wildman–Crippen LogP) is 3.68. The van der Waals surface area contributed by atoms with Gasteiger partial charge in [0.05, 0.1) is 30.7 Å². The van der Waals surface area contributed by atoms with E-state index in [1.165, 1.54) is 12.5 Å². The second-order valence-corrected chi connectivity index (χ2v) is 6.91. The molecule has 0 fully saturated rings. The number of carbonyl (C=O) groups excluding carboxylic acids is 2. The van der Waals surface area contributed by atoms with Gasteiger partial charge in [0.25, 0.3) is 0 Å². The van der Waals surface area contributed by atoms with Gasteiger partial charge in [0.2, 0.25) is 0 Å². The lowest BCUT2D eigenvalue weighted by atomic mass is 10.2. The number of amides is 2. The van der Waals surface area contributed by atoms with Crippen LogP contribution in [0.1, 0.15) is 23.8 Å². The normalized spacial score (nSPS) is 10.7. The second-order valence-electron chi connectivity index (χ2n) is 6.50. The largest absolute Gasteiger partial charge is 0.490 e. The van der Waals surface area contributed by atoms with Crippen molar-refractivity contribution in [3.8, 4) is 11.5 Å². The average molecular weight is 456 g/mol. The third kappa shape index (κ3) is 6.61. The van der Waals surface area contributed by atoms with E-state index in [4.69, 9.17) is 25.5 Å². The summed E-state index contributed by atoms with van der Waals surface area (Å²) in [6.07, 6.45) is 2.83. The van der Waals surface area contributed by atoms with Crippen molar-refractivity contribution in [3.63, 3.8) is 0 Å². The summed E-state index contributed by atoms with van der Waals surface area (Å²) in [5.74, 6) is -0.360. The lowest BCUT2D eigenvalue weighted by Crippen LogP contribution is -2.37. The summed E-state index contributed by atoms with van der Waals surface area (Å²) in [5, 5.41) is 6.57. The first kappa shape index (κ1) is 22.9. The summed E-state index contributed by atoms with van der Waals surface area (Å²) in [6.45, 7) is 2.68. The molecular formula is C23H22ClN3O5. The molecule has 0 saturated heterocycles. The van der Waals surface area contributed by atoms with Gasteiger partial charge in [0.15, 0.2) is 11.5 Å². The van der Waals surface area contributed by atoms with Crippen LogP contribution in [0.5, 0.6) is 11.5 Å². The Hall–Kier alpha value is -3.78. The average Bonchev–Trinajstić information content (AvgIpc) is 3.31. The van der Waals surface area contributed by atoms with Crippen LogP contribution in [0.4, 0.5) is 0 Å². The topological polar surface area (TPSA) is 102 Å². The molecule has 0 unspecified atom stereocenters. The molecule has 1 aromatic heterocycles. The summed E-state index contributed by atoms with van der Waals surface area (Å²) in [5.41, 5.74) is 3.71. The lowest BCUT2D eigenvalue weighted by molar-refractivity contribution is -0.139. The van der Waals surface area contributed by atoms with E-state index in [0.29, 0.717) is 41.1 Å². The number of hydrazone groups is 1. The van der Waals surface area contributed by atoms with Crippen molar-refractivity contribution in [2.45, 2.75) is 20.1 Å². The highest BCUT2D eigenvalue weighted by Crippen LogP contribution is 2.36. The molecule has 0 radical (unpaired) electrons. The summed E-state index contributed by atoms with van der Waals surface area (Å²) in [6, 6.07) is 16.3. The molecule has 0 aliphatic rings. The molecule has 0 spiro atoms. The zero-order valence-corrected chi connectivity index (χ0v) is 18.1. The number of halogens is 1. The fourth-order valence-corrected chi connectivity index (χ4v) is 2.95. The SMILES string of the molecule is CCOc1cc(/C=N\NC(=O)C(=O)NCc2ccco2)cc(Cl)c1OCc1ccccc1. The van der Waals surface area contributed by atoms with Gasteiger partial charge in [0.1, 0.15) is 12.4 Å². The molecule has 32 heavy (non-hydrogen) atoms. The molecule has 3 aromatic rings. The van der Waals surface area contributed by atoms with Gasteiger partial charge in [-0.3, -0.25) is 9.59 Å². The number of nitrogens with one attached hydrogen (secondary N) is 2. The Kier molecular flexibility index (Phi) is 8.28. The number of hydrogen-bond acceptors (Lipinski definition) is 6. The fourth-order valence-electron chi connectivity index (χ4n) is 2.67. The third-order valence-corrected chi connectivity index (χ3v) is 4.43. The van der Waals surface area contributed by atoms with Crippen molar-refractivity contribution in [1.29, 1.82) is 0 Å². The van der Waals surface area contributed by atoms with Gasteiger partial charge < -0.3 is 19.2 Å². The van der Waals surface area contributed by atoms with Crippen LogP contribution in [0.2, 0.25) is 5.02 Å². The number of carbonyl (C=O) groups is 2. The molecule has 0 atom stereocenters. The maximum Gasteiger partial charge on any atom is 0.329 e. The van der Waals surface area contributed by atoms with Crippen molar-refractivity contribution >= 4 is 29.6 Å². The van der Waals surface area contributed by atoms with E-state index >= 15 is 0 Å². The minimum atomic E-state index is -0.910. The quantitative estimate of drug-likeness (QED) is 0.291. The molecule has 8 nitrogen and oxygen atoms in total. The molecule has 2 aromatic carbocycles. The smallest absolute Gasteiger partial charge is 0.329 e. The summed E-state index contributed by atoms with van der Waals surface area (Å²) in [7, 11) is 0. The molecule has 0 aliphatic heterocycles. The molecule has 2 amide bonds. The first-order chi connectivity index (χ1) is 15.6. The van der Waals surface area contributed by atoms with Gasteiger partial charge in [0, 0.05) is 0 Å². The zero-order chi connectivity index (χ0) is 22.8. The highest BCUT2D eigenvalue weighted by atomic mass is 35.5. The van der Waals surface area contributed by atoms with Crippen LogP contribution in [-0.4, -0.2) is 24.6 Å². The predicted molar refractivity (Wildman–Crippen MR) is 120 cm³/mol. The van der Waals surface area contributed by atoms with Crippen LogP contribution < -0.4 is 20.2 Å². The maximum absolute atomic E-state index is 11.9. The minimum absolute atomic E-state index is 0.0980. The number of hydrogen-bond donors (Lipinski definition) is 2. The van der Waals surface area contributed by atoms with Crippen LogP contribution in [0.3, 0.4) is 0 Å². The molecule has 2 N–H and O–H groups in total. The van der Waals surface area contributed by atoms with Crippen molar-refractivity contribution in [2.24, 2.45) is 5.10 Å². The minimum Gasteiger partial charge on any atom is -0.490 e. The van der Waals surface area contributed by atoms with Gasteiger partial charge in [-0.05, 0) is 42.3 Å². The van der Waals surface area contributed by atoms with Crippen molar-refractivity contribution in [3.05, 3.63) is 82.8 Å². The van der Waals surface area contributed by atoms with Crippen LogP contribution in [-0.2, 0) is 22.7 Å². The van der Waals surface area contributed by atoms with E-state index in [1.54, 1.807) is 24.3 Å². The first-order valence-corrected chi connectivity index (χ1v) is 10.2. The van der Waals surface area contributed by atoms with E-state index in [1.807, 2.05) is 37.3 Å². The Balaban J connectivity index is 1.60. The van der Waals surface area contributed by atoms with Gasteiger partial charge in [-0.25, -0.2) is 5.43 Å². The summed E-state index contributed by atoms with van der Waals surface area (Å²) in [4.78, 5) is 23.7. The van der Waals surface area contributed by atoms with E-state index in [0.717, 1.165) is 5.56 Å². The number of furan rings is 1. The Bertz CT molecular complexity index is 1070. The summed E-state index contributed by atoms with van der Waals surface area (Å²) < 4.78 is 16.6. The van der Waals surface area contributed by atoms with E-state index in [-0.39, 0.29) is 6.54 Å². The molecular weight excluding hydrogens is 434 g/mol. The number of benzene rings is 2. The van der Waals surface area contributed by atoms with Gasteiger partial charge >= 0.3 is 11.8 Å². The molecule has 0 bridgehead atoms. The molecule has 3 rings (SSSR count). The molecule has 0 saturated carbocycles. The van der Waals surface area contributed by atoms with E-state index in [9.17, 15) is 9.59 Å². The van der Waals surface area contributed by atoms with Crippen LogP contribution >= 0.6 is 11.6 Å². The Morgan fingerprint density at radius 3 is 2.62 bits per heavy atom. The van der Waals surface area contributed by atoms with E-state index < -0.39 is 11.8 Å². The zero-order valence-electron chi connectivity index (χ0n) is 17.3. The Labute approximate surface area is 190 Å². The second kappa shape index (κ2) is 11.6. The third-order valence-electron chi connectivity index (χ3n) is 4.15. The van der Waals surface area contributed by atoms with E-state index in [2.05, 4.69) is 15.8 Å². The van der Waals surface area contributed by atoms with Gasteiger partial charge in [-0.15, -0.1) is 0 Å². The standard InChI is InChI=1S/C23H22ClN3O5/c1-2-30-20-12-17(11-19(24)21(20)32-15-16-7-4-3-5-8-16)13-26-27-23(29)22(28)25-14-18-9-6-10-31-18/h3-13H,2,14-15H2,1H3,(H,25,28)(H,27,29)/b26-13-. The van der Waals surface area contributed by atoms with Crippen molar-refractivity contribution < 1.29 is 23.5 Å². The maximum atomic E-state index is 11.9. The molecule has 9 heteroatoms. The Morgan fingerprint density at radius 1 is 1.09 bits per heavy atom. The molecule has 1 heterocycles. The lowest BCUT2D eigenvalue weighted by Gasteiger charge is -2.14. The Morgan fingerprint density at radius 2 is 1.91 bits per heavy atom. The van der Waals surface area contributed by atoms with Crippen LogP contribution in [0.15, 0.2) is 70.4 Å². The summed E-state index contributed by atoms with van der Waals surface area (Å²) >= 11 is 6.39. The fraction of sp³-hybridized carbons (Fsp3) is 0.174. The monoisotopic (exact) mass is 455 g/mol. The van der Waals surface area contributed by atoms with Crippen molar-refractivity contribution in [1.82, 2.24) is 10.7 Å².